The maximum atomic E-state index is 5.75. The molecule has 52 valence electrons. The SMILES string of the molecule is C=CN[C@@H]1CCC[C@@H]1N. The Bertz CT molecular complexity index is 101. The van der Waals surface area contributed by atoms with Crippen molar-refractivity contribution in [3.8, 4) is 0 Å². The summed E-state index contributed by atoms with van der Waals surface area (Å²) in [6.07, 6.45) is 5.35. The lowest BCUT2D eigenvalue weighted by molar-refractivity contribution is 0.537. The molecule has 0 spiro atoms. The van der Waals surface area contributed by atoms with E-state index in [1.54, 1.807) is 6.20 Å². The summed E-state index contributed by atoms with van der Waals surface area (Å²) < 4.78 is 0. The molecule has 0 aromatic rings. The predicted octanol–water partition coefficient (Wildman–Crippen LogP) is 0.599. The number of rotatable bonds is 2. The summed E-state index contributed by atoms with van der Waals surface area (Å²) in [5, 5.41) is 3.13. The third-order valence-electron chi connectivity index (χ3n) is 1.90. The average molecular weight is 126 g/mol. The lowest BCUT2D eigenvalue weighted by Crippen LogP contribution is -2.37. The molecule has 3 N–H and O–H groups in total. The van der Waals surface area contributed by atoms with Gasteiger partial charge in [0, 0.05) is 12.1 Å². The van der Waals surface area contributed by atoms with E-state index in [9.17, 15) is 0 Å². The lowest BCUT2D eigenvalue weighted by Gasteiger charge is -2.14. The maximum Gasteiger partial charge on any atom is 0.0406 e. The van der Waals surface area contributed by atoms with Gasteiger partial charge in [0.05, 0.1) is 0 Å². The quantitative estimate of drug-likeness (QED) is 0.568. The molecule has 1 saturated carbocycles. The van der Waals surface area contributed by atoms with Crippen molar-refractivity contribution in [2.75, 3.05) is 0 Å². The van der Waals surface area contributed by atoms with E-state index in [0.29, 0.717) is 12.1 Å². The molecule has 2 heteroatoms. The molecule has 0 bridgehead atoms. The molecule has 1 aliphatic rings. The van der Waals surface area contributed by atoms with Crippen molar-refractivity contribution in [1.29, 1.82) is 0 Å². The number of nitrogens with two attached hydrogens (primary N) is 1. The van der Waals surface area contributed by atoms with Crippen molar-refractivity contribution < 1.29 is 0 Å². The maximum absolute atomic E-state index is 5.75. The predicted molar refractivity (Wildman–Crippen MR) is 38.9 cm³/mol. The Balaban J connectivity index is 2.30. The molecule has 0 amide bonds. The molecule has 0 radical (unpaired) electrons. The van der Waals surface area contributed by atoms with Gasteiger partial charge in [-0.15, -0.1) is 0 Å². The highest BCUT2D eigenvalue weighted by molar-refractivity contribution is 4.88. The van der Waals surface area contributed by atoms with Gasteiger partial charge in [0.2, 0.25) is 0 Å². The Kier molecular flexibility index (Phi) is 2.11. The van der Waals surface area contributed by atoms with E-state index in [1.807, 2.05) is 0 Å². The van der Waals surface area contributed by atoms with Crippen LogP contribution in [0.4, 0.5) is 0 Å². The second-order valence-corrected chi connectivity index (χ2v) is 2.57. The van der Waals surface area contributed by atoms with E-state index in [2.05, 4.69) is 11.9 Å². The minimum Gasteiger partial charge on any atom is -0.387 e. The van der Waals surface area contributed by atoms with Crippen LogP contribution < -0.4 is 11.1 Å². The van der Waals surface area contributed by atoms with Gasteiger partial charge in [-0.25, -0.2) is 0 Å². The fourth-order valence-electron chi connectivity index (χ4n) is 1.35. The van der Waals surface area contributed by atoms with Crippen LogP contribution in [0.2, 0.25) is 0 Å². The normalized spacial score (nSPS) is 34.3. The first-order valence-electron chi connectivity index (χ1n) is 3.47. The van der Waals surface area contributed by atoms with Crippen molar-refractivity contribution in [2.24, 2.45) is 5.73 Å². The minimum atomic E-state index is 0.350. The molecule has 2 atom stereocenters. The third-order valence-corrected chi connectivity index (χ3v) is 1.90. The molecule has 1 rings (SSSR count). The molecular formula is C7H14N2. The first-order valence-corrected chi connectivity index (χ1v) is 3.47. The number of hydrogen-bond acceptors (Lipinski definition) is 2. The van der Waals surface area contributed by atoms with E-state index in [-0.39, 0.29) is 0 Å². The summed E-state index contributed by atoms with van der Waals surface area (Å²) in [7, 11) is 0. The minimum absolute atomic E-state index is 0.350. The Morgan fingerprint density at radius 2 is 2.33 bits per heavy atom. The second-order valence-electron chi connectivity index (χ2n) is 2.57. The summed E-state index contributed by atoms with van der Waals surface area (Å²) in [5.74, 6) is 0. The van der Waals surface area contributed by atoms with Gasteiger partial charge in [-0.2, -0.15) is 0 Å². The third kappa shape index (κ3) is 1.45. The van der Waals surface area contributed by atoms with Crippen LogP contribution in [0.1, 0.15) is 19.3 Å². The average Bonchev–Trinajstić information content (AvgIpc) is 2.18. The van der Waals surface area contributed by atoms with Gasteiger partial charge in [0.15, 0.2) is 0 Å². The monoisotopic (exact) mass is 126 g/mol. The van der Waals surface area contributed by atoms with Gasteiger partial charge in [-0.3, -0.25) is 0 Å². The summed E-state index contributed by atoms with van der Waals surface area (Å²) in [5.41, 5.74) is 5.75. The van der Waals surface area contributed by atoms with Crippen LogP contribution in [-0.2, 0) is 0 Å². The highest BCUT2D eigenvalue weighted by atomic mass is 14.9. The van der Waals surface area contributed by atoms with Gasteiger partial charge in [0.25, 0.3) is 0 Å². The zero-order chi connectivity index (χ0) is 6.69. The molecule has 0 unspecified atom stereocenters. The van der Waals surface area contributed by atoms with Crippen molar-refractivity contribution in [2.45, 2.75) is 31.3 Å². The number of nitrogens with one attached hydrogen (secondary N) is 1. The number of hydrogen-bond donors (Lipinski definition) is 2. The van der Waals surface area contributed by atoms with Crippen LogP contribution in [-0.4, -0.2) is 12.1 Å². The highest BCUT2D eigenvalue weighted by Gasteiger charge is 2.21. The van der Waals surface area contributed by atoms with Gasteiger partial charge in [-0.1, -0.05) is 6.58 Å². The molecule has 0 aliphatic heterocycles. The van der Waals surface area contributed by atoms with Gasteiger partial charge >= 0.3 is 0 Å². The van der Waals surface area contributed by atoms with E-state index < -0.39 is 0 Å². The molecule has 1 fully saturated rings. The summed E-state index contributed by atoms with van der Waals surface area (Å²) in [4.78, 5) is 0. The lowest BCUT2D eigenvalue weighted by atomic mass is 10.2. The molecule has 9 heavy (non-hydrogen) atoms. The topological polar surface area (TPSA) is 38.0 Å². The largest absolute Gasteiger partial charge is 0.387 e. The summed E-state index contributed by atoms with van der Waals surface area (Å²) in [6.45, 7) is 3.59. The smallest absolute Gasteiger partial charge is 0.0406 e. The Morgan fingerprint density at radius 1 is 1.56 bits per heavy atom. The fraction of sp³-hybridized carbons (Fsp3) is 0.714. The molecule has 1 aliphatic carbocycles. The van der Waals surface area contributed by atoms with E-state index in [4.69, 9.17) is 5.73 Å². The van der Waals surface area contributed by atoms with Crippen LogP contribution in [0.25, 0.3) is 0 Å². The van der Waals surface area contributed by atoms with Crippen LogP contribution in [0.15, 0.2) is 12.8 Å². The molecule has 0 heterocycles. The zero-order valence-electron chi connectivity index (χ0n) is 5.64. The summed E-state index contributed by atoms with van der Waals surface area (Å²) in [6, 6.07) is 0.838. The van der Waals surface area contributed by atoms with Crippen molar-refractivity contribution >= 4 is 0 Å². The highest BCUT2D eigenvalue weighted by Crippen LogP contribution is 2.16. The zero-order valence-corrected chi connectivity index (χ0v) is 5.64. The Hall–Kier alpha value is -0.500. The second kappa shape index (κ2) is 2.87. The van der Waals surface area contributed by atoms with Crippen LogP contribution >= 0.6 is 0 Å². The fourth-order valence-corrected chi connectivity index (χ4v) is 1.35. The first kappa shape index (κ1) is 6.62. The van der Waals surface area contributed by atoms with E-state index in [0.717, 1.165) is 6.42 Å². The van der Waals surface area contributed by atoms with E-state index >= 15 is 0 Å². The molecular weight excluding hydrogens is 112 g/mol. The molecule has 0 aromatic carbocycles. The van der Waals surface area contributed by atoms with E-state index in [1.165, 1.54) is 12.8 Å². The molecule has 2 nitrogen and oxygen atoms in total. The van der Waals surface area contributed by atoms with Crippen molar-refractivity contribution in [3.05, 3.63) is 12.8 Å². The van der Waals surface area contributed by atoms with Gasteiger partial charge in [-0.05, 0) is 25.5 Å². The van der Waals surface area contributed by atoms with Gasteiger partial charge in [0.1, 0.15) is 0 Å². The standard InChI is InChI=1S/C7H14N2/c1-2-9-7-5-3-4-6(7)8/h2,6-7,9H,1,3-5,8H2/t6-,7+/m0/s1. The Morgan fingerprint density at radius 3 is 2.78 bits per heavy atom. The van der Waals surface area contributed by atoms with Crippen LogP contribution in [0.3, 0.4) is 0 Å². The Labute approximate surface area is 56.1 Å². The van der Waals surface area contributed by atoms with Crippen molar-refractivity contribution in [3.63, 3.8) is 0 Å². The summed E-state index contributed by atoms with van der Waals surface area (Å²) >= 11 is 0. The van der Waals surface area contributed by atoms with Crippen LogP contribution in [0, 0.1) is 0 Å². The van der Waals surface area contributed by atoms with Crippen molar-refractivity contribution in [1.82, 2.24) is 5.32 Å². The molecule has 0 aromatic heterocycles. The first-order chi connectivity index (χ1) is 4.34. The molecule has 0 saturated heterocycles. The van der Waals surface area contributed by atoms with Crippen LogP contribution in [0.5, 0.6) is 0 Å². The van der Waals surface area contributed by atoms with Gasteiger partial charge < -0.3 is 11.1 Å².